The van der Waals surface area contributed by atoms with Crippen LogP contribution < -0.4 is 0 Å². The first-order valence-corrected chi connectivity index (χ1v) is 9.79. The lowest BCUT2D eigenvalue weighted by Crippen LogP contribution is -2.60. The van der Waals surface area contributed by atoms with Gasteiger partial charge in [-0.1, -0.05) is 12.8 Å². The van der Waals surface area contributed by atoms with Crippen molar-refractivity contribution in [2.24, 2.45) is 7.05 Å². The van der Waals surface area contributed by atoms with Crippen molar-refractivity contribution in [3.63, 3.8) is 0 Å². The summed E-state index contributed by atoms with van der Waals surface area (Å²) in [6.07, 6.45) is 8.26. The van der Waals surface area contributed by atoms with Crippen LogP contribution >= 0.6 is 0 Å². The van der Waals surface area contributed by atoms with Crippen molar-refractivity contribution in [1.82, 2.24) is 14.4 Å². The molecule has 3 heterocycles. The SMILES string of the molecule is CC(=O)N1C2(CCCC2)COC12CCN(C(=O)Cc1cccn1C)CC2. The fourth-order valence-corrected chi connectivity index (χ4v) is 5.27. The second kappa shape index (κ2) is 6.41. The highest BCUT2D eigenvalue weighted by atomic mass is 16.5. The molecule has 26 heavy (non-hydrogen) atoms. The molecule has 0 aromatic carbocycles. The van der Waals surface area contributed by atoms with Crippen LogP contribution in [-0.4, -0.2) is 57.1 Å². The molecule has 2 aliphatic heterocycles. The number of carbonyl (C=O) groups excluding carboxylic acids is 2. The molecule has 0 unspecified atom stereocenters. The van der Waals surface area contributed by atoms with Gasteiger partial charge in [-0.2, -0.15) is 0 Å². The van der Waals surface area contributed by atoms with Gasteiger partial charge in [0.1, 0.15) is 5.72 Å². The highest BCUT2D eigenvalue weighted by molar-refractivity contribution is 5.79. The van der Waals surface area contributed by atoms with E-state index >= 15 is 0 Å². The van der Waals surface area contributed by atoms with Crippen molar-refractivity contribution in [3.8, 4) is 0 Å². The van der Waals surface area contributed by atoms with Crippen LogP contribution in [0.15, 0.2) is 18.3 Å². The molecule has 2 spiro atoms. The summed E-state index contributed by atoms with van der Waals surface area (Å²) in [5, 5.41) is 0. The standard InChI is InChI=1S/C20H29N3O3/c1-16(24)23-19(7-3-4-8-19)15-26-20(23)9-12-22(13-10-20)18(25)14-17-6-5-11-21(17)2/h5-6,11H,3-4,7-10,12-15H2,1-2H3. The maximum Gasteiger partial charge on any atom is 0.228 e. The highest BCUT2D eigenvalue weighted by Gasteiger charge is 2.58. The minimum Gasteiger partial charge on any atom is -0.354 e. The van der Waals surface area contributed by atoms with Gasteiger partial charge in [0.15, 0.2) is 0 Å². The summed E-state index contributed by atoms with van der Waals surface area (Å²) in [7, 11) is 1.96. The predicted molar refractivity (Wildman–Crippen MR) is 97.3 cm³/mol. The average Bonchev–Trinajstić information content (AvgIpc) is 3.31. The number of aryl methyl sites for hydroxylation is 1. The number of aromatic nitrogens is 1. The number of rotatable bonds is 2. The van der Waals surface area contributed by atoms with Crippen molar-refractivity contribution in [1.29, 1.82) is 0 Å². The number of hydrogen-bond acceptors (Lipinski definition) is 3. The van der Waals surface area contributed by atoms with Crippen LogP contribution in [0.4, 0.5) is 0 Å². The Labute approximate surface area is 155 Å². The molecule has 4 rings (SSSR count). The minimum absolute atomic E-state index is 0.0962. The number of amides is 2. The number of likely N-dealkylation sites (tertiary alicyclic amines) is 1. The molecule has 1 saturated carbocycles. The Kier molecular flexibility index (Phi) is 4.34. The third-order valence-corrected chi connectivity index (χ3v) is 6.62. The van der Waals surface area contributed by atoms with Gasteiger partial charge < -0.3 is 19.1 Å². The predicted octanol–water partition coefficient (Wildman–Crippen LogP) is 2.08. The van der Waals surface area contributed by atoms with Gasteiger partial charge in [0.2, 0.25) is 11.8 Å². The van der Waals surface area contributed by atoms with Gasteiger partial charge >= 0.3 is 0 Å². The molecule has 1 aliphatic carbocycles. The Bertz CT molecular complexity index is 697. The quantitative estimate of drug-likeness (QED) is 0.812. The second-order valence-corrected chi connectivity index (χ2v) is 8.19. The average molecular weight is 359 g/mol. The number of hydrogen-bond donors (Lipinski definition) is 0. The molecule has 0 bridgehead atoms. The summed E-state index contributed by atoms with van der Waals surface area (Å²) < 4.78 is 8.30. The van der Waals surface area contributed by atoms with Crippen LogP contribution in [0.1, 0.15) is 51.1 Å². The van der Waals surface area contributed by atoms with E-state index < -0.39 is 5.72 Å². The lowest BCUT2D eigenvalue weighted by Gasteiger charge is -2.47. The van der Waals surface area contributed by atoms with Gasteiger partial charge in [0, 0.05) is 51.8 Å². The van der Waals surface area contributed by atoms with Crippen molar-refractivity contribution in [2.75, 3.05) is 19.7 Å². The minimum atomic E-state index is -0.502. The van der Waals surface area contributed by atoms with E-state index in [1.54, 1.807) is 6.92 Å². The molecule has 6 heteroatoms. The van der Waals surface area contributed by atoms with E-state index in [1.807, 2.05) is 34.8 Å². The van der Waals surface area contributed by atoms with Gasteiger partial charge in [-0.3, -0.25) is 9.59 Å². The van der Waals surface area contributed by atoms with Crippen LogP contribution in [0.2, 0.25) is 0 Å². The molecule has 6 nitrogen and oxygen atoms in total. The number of piperidine rings is 1. The number of ether oxygens (including phenoxy) is 1. The van der Waals surface area contributed by atoms with E-state index in [0.29, 0.717) is 39.0 Å². The molecule has 2 amide bonds. The Hall–Kier alpha value is -1.82. The monoisotopic (exact) mass is 359 g/mol. The van der Waals surface area contributed by atoms with Crippen LogP contribution in [0, 0.1) is 0 Å². The maximum atomic E-state index is 12.7. The first-order valence-electron chi connectivity index (χ1n) is 9.79. The summed E-state index contributed by atoms with van der Waals surface area (Å²) in [5.74, 6) is 0.276. The van der Waals surface area contributed by atoms with Crippen molar-refractivity contribution < 1.29 is 14.3 Å². The van der Waals surface area contributed by atoms with Gasteiger partial charge in [-0.05, 0) is 25.0 Å². The van der Waals surface area contributed by atoms with Crippen molar-refractivity contribution in [3.05, 3.63) is 24.0 Å². The Morgan fingerprint density at radius 1 is 1.15 bits per heavy atom. The maximum absolute atomic E-state index is 12.7. The zero-order valence-electron chi connectivity index (χ0n) is 15.9. The number of carbonyl (C=O) groups is 2. The second-order valence-electron chi connectivity index (χ2n) is 8.19. The molecule has 1 aromatic heterocycles. The summed E-state index contributed by atoms with van der Waals surface area (Å²) in [5.41, 5.74) is 0.432. The van der Waals surface area contributed by atoms with E-state index in [4.69, 9.17) is 4.74 Å². The van der Waals surface area contributed by atoms with E-state index in [-0.39, 0.29) is 17.4 Å². The molecule has 0 atom stereocenters. The molecular formula is C20H29N3O3. The summed E-state index contributed by atoms with van der Waals surface area (Å²) in [6, 6.07) is 3.96. The van der Waals surface area contributed by atoms with Gasteiger partial charge in [-0.25, -0.2) is 0 Å². The molecule has 3 fully saturated rings. The largest absolute Gasteiger partial charge is 0.354 e. The third kappa shape index (κ3) is 2.75. The van der Waals surface area contributed by atoms with E-state index in [2.05, 4.69) is 4.90 Å². The Morgan fingerprint density at radius 3 is 2.42 bits per heavy atom. The third-order valence-electron chi connectivity index (χ3n) is 6.62. The normalized spacial score (nSPS) is 23.9. The topological polar surface area (TPSA) is 54.8 Å². The van der Waals surface area contributed by atoms with Crippen molar-refractivity contribution in [2.45, 2.75) is 63.1 Å². The molecule has 2 saturated heterocycles. The summed E-state index contributed by atoms with van der Waals surface area (Å²) in [4.78, 5) is 29.2. The van der Waals surface area contributed by atoms with Crippen LogP contribution in [0.25, 0.3) is 0 Å². The fraction of sp³-hybridized carbons (Fsp3) is 0.700. The van der Waals surface area contributed by atoms with Crippen LogP contribution in [0.3, 0.4) is 0 Å². The highest BCUT2D eigenvalue weighted by Crippen LogP contribution is 2.49. The van der Waals surface area contributed by atoms with Crippen LogP contribution in [-0.2, 0) is 27.8 Å². The van der Waals surface area contributed by atoms with E-state index in [9.17, 15) is 9.59 Å². The lowest BCUT2D eigenvalue weighted by molar-refractivity contribution is -0.164. The zero-order valence-corrected chi connectivity index (χ0v) is 15.9. The van der Waals surface area contributed by atoms with Gasteiger partial charge in [-0.15, -0.1) is 0 Å². The smallest absolute Gasteiger partial charge is 0.228 e. The summed E-state index contributed by atoms with van der Waals surface area (Å²) in [6.45, 7) is 3.64. The van der Waals surface area contributed by atoms with E-state index in [1.165, 1.54) is 12.8 Å². The Morgan fingerprint density at radius 2 is 1.85 bits per heavy atom. The molecule has 3 aliphatic rings. The fourth-order valence-electron chi connectivity index (χ4n) is 5.27. The summed E-state index contributed by atoms with van der Waals surface area (Å²) >= 11 is 0. The zero-order chi connectivity index (χ0) is 18.4. The first kappa shape index (κ1) is 17.6. The molecule has 0 N–H and O–H groups in total. The first-order chi connectivity index (χ1) is 12.5. The Balaban J connectivity index is 1.44. The molecular weight excluding hydrogens is 330 g/mol. The van der Waals surface area contributed by atoms with Crippen molar-refractivity contribution >= 4 is 11.8 Å². The van der Waals surface area contributed by atoms with Gasteiger partial charge in [0.05, 0.1) is 18.6 Å². The van der Waals surface area contributed by atoms with E-state index in [0.717, 1.165) is 18.5 Å². The molecule has 1 aromatic rings. The lowest BCUT2D eigenvalue weighted by atomic mass is 9.91. The van der Waals surface area contributed by atoms with Gasteiger partial charge in [0.25, 0.3) is 0 Å². The number of nitrogens with zero attached hydrogens (tertiary/aromatic N) is 3. The molecule has 142 valence electrons. The molecule has 0 radical (unpaired) electrons. The van der Waals surface area contributed by atoms with Crippen LogP contribution in [0.5, 0.6) is 0 Å².